The summed E-state index contributed by atoms with van der Waals surface area (Å²) < 4.78 is 0. The van der Waals surface area contributed by atoms with Crippen molar-refractivity contribution >= 4 is 17.5 Å². The first kappa shape index (κ1) is 16.3. The number of likely N-dealkylation sites (N-methyl/N-ethyl adjacent to an activating group) is 1. The molecule has 2 unspecified atom stereocenters. The van der Waals surface area contributed by atoms with Crippen molar-refractivity contribution in [1.82, 2.24) is 10.2 Å². The van der Waals surface area contributed by atoms with Crippen LogP contribution >= 0.6 is 11.6 Å². The standard InChI is InChI=1S/C16H24ClN3O/c1-10(2)14(18)16(21)19-13-8-9-20(3)15(13)11-4-6-12(17)7-5-11/h4-7,10,13-15H,8-9,18H2,1-3H3,(H,19,21)/t13?,14-,15?/m0/s1. The fourth-order valence-corrected chi connectivity index (χ4v) is 2.95. The number of hydrogen-bond acceptors (Lipinski definition) is 3. The highest BCUT2D eigenvalue weighted by Gasteiger charge is 2.35. The monoisotopic (exact) mass is 309 g/mol. The van der Waals surface area contributed by atoms with Gasteiger partial charge in [0.1, 0.15) is 0 Å². The molecule has 116 valence electrons. The van der Waals surface area contributed by atoms with Crippen LogP contribution in [0.2, 0.25) is 5.02 Å². The Morgan fingerprint density at radius 1 is 1.38 bits per heavy atom. The van der Waals surface area contributed by atoms with Gasteiger partial charge in [-0.3, -0.25) is 9.69 Å². The van der Waals surface area contributed by atoms with Gasteiger partial charge in [-0.05, 0) is 37.1 Å². The maximum absolute atomic E-state index is 12.2. The average molecular weight is 310 g/mol. The highest BCUT2D eigenvalue weighted by Crippen LogP contribution is 2.31. The van der Waals surface area contributed by atoms with Gasteiger partial charge in [0.05, 0.1) is 12.1 Å². The van der Waals surface area contributed by atoms with Crippen molar-refractivity contribution in [3.8, 4) is 0 Å². The lowest BCUT2D eigenvalue weighted by molar-refractivity contribution is -0.124. The normalized spacial score (nSPS) is 24.3. The largest absolute Gasteiger partial charge is 0.350 e. The maximum Gasteiger partial charge on any atom is 0.237 e. The third-order valence-electron chi connectivity index (χ3n) is 4.21. The van der Waals surface area contributed by atoms with E-state index in [4.69, 9.17) is 17.3 Å². The minimum atomic E-state index is -0.457. The second-order valence-electron chi connectivity index (χ2n) is 6.15. The molecule has 1 heterocycles. The van der Waals surface area contributed by atoms with Gasteiger partial charge in [0.2, 0.25) is 5.91 Å². The van der Waals surface area contributed by atoms with Crippen molar-refractivity contribution in [1.29, 1.82) is 0 Å². The van der Waals surface area contributed by atoms with Crippen LogP contribution in [0.4, 0.5) is 0 Å². The first-order valence-corrected chi connectivity index (χ1v) is 7.79. The van der Waals surface area contributed by atoms with Crippen LogP contribution in [0.15, 0.2) is 24.3 Å². The van der Waals surface area contributed by atoms with E-state index < -0.39 is 6.04 Å². The summed E-state index contributed by atoms with van der Waals surface area (Å²) in [5, 5.41) is 3.84. The van der Waals surface area contributed by atoms with Crippen molar-refractivity contribution in [3.63, 3.8) is 0 Å². The molecular weight excluding hydrogens is 286 g/mol. The highest BCUT2D eigenvalue weighted by atomic mass is 35.5. The van der Waals surface area contributed by atoms with Gasteiger partial charge >= 0.3 is 0 Å². The Labute approximate surface area is 131 Å². The summed E-state index contributed by atoms with van der Waals surface area (Å²) >= 11 is 5.95. The summed E-state index contributed by atoms with van der Waals surface area (Å²) in [7, 11) is 2.08. The summed E-state index contributed by atoms with van der Waals surface area (Å²) in [5.74, 6) is 0.0716. The molecule has 1 aromatic rings. The van der Waals surface area contributed by atoms with E-state index in [1.54, 1.807) is 0 Å². The Balaban J connectivity index is 2.12. The molecular formula is C16H24ClN3O. The number of likely N-dealkylation sites (tertiary alicyclic amines) is 1. The van der Waals surface area contributed by atoms with Gasteiger partial charge < -0.3 is 11.1 Å². The van der Waals surface area contributed by atoms with Gasteiger partial charge in [-0.25, -0.2) is 0 Å². The number of nitrogens with two attached hydrogens (primary N) is 1. The molecule has 2 rings (SSSR count). The molecule has 1 aliphatic heterocycles. The lowest BCUT2D eigenvalue weighted by Crippen LogP contribution is -2.49. The quantitative estimate of drug-likeness (QED) is 0.896. The first-order valence-electron chi connectivity index (χ1n) is 7.42. The van der Waals surface area contributed by atoms with Crippen molar-refractivity contribution in [3.05, 3.63) is 34.9 Å². The van der Waals surface area contributed by atoms with E-state index in [1.165, 1.54) is 5.56 Å². The van der Waals surface area contributed by atoms with Crippen molar-refractivity contribution in [2.75, 3.05) is 13.6 Å². The molecule has 1 fully saturated rings. The summed E-state index contributed by atoms with van der Waals surface area (Å²) in [6, 6.07) is 7.64. The molecule has 5 heteroatoms. The third kappa shape index (κ3) is 3.76. The van der Waals surface area contributed by atoms with Crippen LogP contribution in [0.25, 0.3) is 0 Å². The molecule has 0 spiro atoms. The van der Waals surface area contributed by atoms with Crippen LogP contribution in [-0.2, 0) is 4.79 Å². The lowest BCUT2D eigenvalue weighted by atomic mass is 9.98. The van der Waals surface area contributed by atoms with Crippen molar-refractivity contribution < 1.29 is 4.79 Å². The predicted octanol–water partition coefficient (Wildman–Crippen LogP) is 2.18. The summed E-state index contributed by atoms with van der Waals surface area (Å²) in [4.78, 5) is 14.5. The molecule has 0 bridgehead atoms. The Morgan fingerprint density at radius 2 is 2.00 bits per heavy atom. The predicted molar refractivity (Wildman–Crippen MR) is 86.2 cm³/mol. The van der Waals surface area contributed by atoms with Gasteiger partial charge in [0.25, 0.3) is 0 Å². The number of carbonyl (C=O) groups is 1. The molecule has 0 aromatic heterocycles. The number of nitrogens with one attached hydrogen (secondary N) is 1. The van der Waals surface area contributed by atoms with Gasteiger partial charge in [-0.15, -0.1) is 0 Å². The topological polar surface area (TPSA) is 58.4 Å². The first-order chi connectivity index (χ1) is 9.90. The Hall–Kier alpha value is -1.10. The van der Waals surface area contributed by atoms with Crippen LogP contribution in [0.1, 0.15) is 31.9 Å². The number of carbonyl (C=O) groups excluding carboxylic acids is 1. The Kier molecular flexibility index (Phi) is 5.25. The Bertz CT molecular complexity index is 489. The number of amides is 1. The second kappa shape index (κ2) is 6.77. The minimum absolute atomic E-state index is 0.0655. The lowest BCUT2D eigenvalue weighted by Gasteiger charge is -2.27. The molecule has 3 N–H and O–H groups in total. The highest BCUT2D eigenvalue weighted by molar-refractivity contribution is 6.30. The zero-order valence-electron chi connectivity index (χ0n) is 12.8. The van der Waals surface area contributed by atoms with E-state index >= 15 is 0 Å². The van der Waals surface area contributed by atoms with E-state index in [2.05, 4.69) is 17.3 Å². The van der Waals surface area contributed by atoms with Gasteiger partial charge in [-0.1, -0.05) is 37.6 Å². The van der Waals surface area contributed by atoms with Crippen LogP contribution in [0, 0.1) is 5.92 Å². The fraction of sp³-hybridized carbons (Fsp3) is 0.562. The number of hydrogen-bond donors (Lipinski definition) is 2. The van der Waals surface area contributed by atoms with Gasteiger partial charge in [0.15, 0.2) is 0 Å². The van der Waals surface area contributed by atoms with Crippen molar-refractivity contribution in [2.24, 2.45) is 11.7 Å². The maximum atomic E-state index is 12.2. The van der Waals surface area contributed by atoms with E-state index in [1.807, 2.05) is 38.1 Å². The Morgan fingerprint density at radius 3 is 2.57 bits per heavy atom. The zero-order chi connectivity index (χ0) is 15.6. The molecule has 1 aliphatic rings. The summed E-state index contributed by atoms with van der Waals surface area (Å²) in [6.07, 6.45) is 0.931. The van der Waals surface area contributed by atoms with Gasteiger partial charge in [-0.2, -0.15) is 0 Å². The summed E-state index contributed by atoms with van der Waals surface area (Å²) in [6.45, 7) is 4.87. The number of rotatable bonds is 4. The SMILES string of the molecule is CC(C)[C@H](N)C(=O)NC1CCN(C)C1c1ccc(Cl)cc1. The van der Waals surface area contributed by atoms with E-state index in [9.17, 15) is 4.79 Å². The van der Waals surface area contributed by atoms with E-state index in [-0.39, 0.29) is 23.9 Å². The molecule has 1 amide bonds. The van der Waals surface area contributed by atoms with Crippen LogP contribution in [-0.4, -0.2) is 36.5 Å². The van der Waals surface area contributed by atoms with Crippen LogP contribution in [0.5, 0.6) is 0 Å². The van der Waals surface area contributed by atoms with Crippen molar-refractivity contribution in [2.45, 2.75) is 38.4 Å². The molecule has 21 heavy (non-hydrogen) atoms. The van der Waals surface area contributed by atoms with Crippen LogP contribution in [0.3, 0.4) is 0 Å². The number of benzene rings is 1. The molecule has 0 saturated carbocycles. The molecule has 0 aliphatic carbocycles. The average Bonchev–Trinajstić information content (AvgIpc) is 2.80. The number of halogens is 1. The minimum Gasteiger partial charge on any atom is -0.350 e. The smallest absolute Gasteiger partial charge is 0.237 e. The molecule has 0 radical (unpaired) electrons. The molecule has 3 atom stereocenters. The fourth-order valence-electron chi connectivity index (χ4n) is 2.83. The molecule has 1 saturated heterocycles. The molecule has 4 nitrogen and oxygen atoms in total. The van der Waals surface area contributed by atoms with E-state index in [0.717, 1.165) is 18.0 Å². The number of nitrogens with zero attached hydrogens (tertiary/aromatic N) is 1. The van der Waals surface area contributed by atoms with Crippen LogP contribution < -0.4 is 11.1 Å². The second-order valence-corrected chi connectivity index (χ2v) is 6.59. The zero-order valence-corrected chi connectivity index (χ0v) is 13.6. The van der Waals surface area contributed by atoms with E-state index in [0.29, 0.717) is 0 Å². The summed E-state index contributed by atoms with van der Waals surface area (Å²) in [5.41, 5.74) is 7.10. The molecule has 1 aromatic carbocycles. The van der Waals surface area contributed by atoms with Gasteiger partial charge in [0, 0.05) is 17.6 Å². The third-order valence-corrected chi connectivity index (χ3v) is 4.46.